The van der Waals surface area contributed by atoms with E-state index in [-0.39, 0.29) is 0 Å². The van der Waals surface area contributed by atoms with Crippen LogP contribution in [0.15, 0.2) is 18.2 Å². The molecule has 5 heteroatoms. The van der Waals surface area contributed by atoms with Gasteiger partial charge in [-0.3, -0.25) is 4.79 Å². The van der Waals surface area contributed by atoms with Crippen LogP contribution in [0.5, 0.6) is 0 Å². The molecule has 2 rings (SSSR count). The van der Waals surface area contributed by atoms with Crippen molar-refractivity contribution in [2.24, 2.45) is 0 Å². The Balaban J connectivity index is 2.60. The van der Waals surface area contributed by atoms with E-state index in [1.165, 1.54) is 0 Å². The second-order valence-electron chi connectivity index (χ2n) is 3.71. The van der Waals surface area contributed by atoms with Crippen molar-refractivity contribution in [3.63, 3.8) is 0 Å². The van der Waals surface area contributed by atoms with E-state index in [9.17, 15) is 4.79 Å². The lowest BCUT2D eigenvalue weighted by atomic mass is 10.2. The smallest absolute Gasteiger partial charge is 0.153 e. The van der Waals surface area contributed by atoms with Crippen LogP contribution in [0.25, 0.3) is 5.69 Å². The van der Waals surface area contributed by atoms with Crippen LogP contribution in [-0.2, 0) is 0 Å². The lowest BCUT2D eigenvalue weighted by Crippen LogP contribution is -1.99. The highest BCUT2D eigenvalue weighted by Gasteiger charge is 2.12. The van der Waals surface area contributed by atoms with Gasteiger partial charge in [0, 0.05) is 0 Å². The molecule has 88 valence electrons. The Kier molecular flexibility index (Phi) is 3.22. The molecule has 0 saturated carbocycles. The van der Waals surface area contributed by atoms with Crippen molar-refractivity contribution in [3.05, 3.63) is 45.2 Å². The lowest BCUT2D eigenvalue weighted by molar-refractivity contribution is 0.112. The van der Waals surface area contributed by atoms with E-state index in [0.717, 1.165) is 17.7 Å². The number of nitrogens with zero attached hydrogens (tertiary/aromatic N) is 2. The molecule has 0 spiro atoms. The highest BCUT2D eigenvalue weighted by molar-refractivity contribution is 6.42. The van der Waals surface area contributed by atoms with Crippen LogP contribution in [0, 0.1) is 13.8 Å². The Labute approximate surface area is 109 Å². The van der Waals surface area contributed by atoms with Gasteiger partial charge in [0.25, 0.3) is 0 Å². The molecule has 0 unspecified atom stereocenters. The van der Waals surface area contributed by atoms with Crippen molar-refractivity contribution in [2.75, 3.05) is 0 Å². The second-order valence-corrected chi connectivity index (χ2v) is 4.53. The molecule has 0 aliphatic carbocycles. The van der Waals surface area contributed by atoms with Crippen molar-refractivity contribution < 1.29 is 4.79 Å². The number of hydrogen-bond acceptors (Lipinski definition) is 2. The number of aryl methyl sites for hydroxylation is 1. The molecule has 0 bridgehead atoms. The largest absolute Gasteiger partial charge is 0.298 e. The zero-order chi connectivity index (χ0) is 12.6. The van der Waals surface area contributed by atoms with E-state index in [0.29, 0.717) is 21.3 Å². The highest BCUT2D eigenvalue weighted by Crippen LogP contribution is 2.25. The molecule has 0 saturated heterocycles. The molecule has 17 heavy (non-hydrogen) atoms. The fraction of sp³-hybridized carbons (Fsp3) is 0.167. The van der Waals surface area contributed by atoms with Crippen molar-refractivity contribution in [1.82, 2.24) is 9.78 Å². The molecule has 3 nitrogen and oxygen atoms in total. The number of carbonyl (C=O) groups excluding carboxylic acids is 1. The number of rotatable bonds is 2. The molecule has 0 aliphatic rings. The quantitative estimate of drug-likeness (QED) is 0.780. The molecule has 0 fully saturated rings. The van der Waals surface area contributed by atoms with Gasteiger partial charge in [-0.25, -0.2) is 4.68 Å². The highest BCUT2D eigenvalue weighted by atomic mass is 35.5. The van der Waals surface area contributed by atoms with Crippen LogP contribution in [-0.4, -0.2) is 16.1 Å². The minimum atomic E-state index is 0.462. The average molecular weight is 269 g/mol. The summed E-state index contributed by atoms with van der Waals surface area (Å²) in [4.78, 5) is 10.9. The van der Waals surface area contributed by atoms with Crippen LogP contribution >= 0.6 is 23.2 Å². The molecule has 0 N–H and O–H groups in total. The van der Waals surface area contributed by atoms with E-state index in [1.807, 2.05) is 13.0 Å². The van der Waals surface area contributed by atoms with Gasteiger partial charge in [0.15, 0.2) is 6.29 Å². The average Bonchev–Trinajstić information content (AvgIpc) is 2.58. The van der Waals surface area contributed by atoms with Gasteiger partial charge in [0.1, 0.15) is 0 Å². The Morgan fingerprint density at radius 3 is 2.47 bits per heavy atom. The first-order valence-corrected chi connectivity index (χ1v) is 5.77. The Morgan fingerprint density at radius 1 is 1.24 bits per heavy atom. The third-order valence-corrected chi connectivity index (χ3v) is 3.35. The normalized spacial score (nSPS) is 10.6. The number of aldehydes is 1. The SMILES string of the molecule is Cc1nn(-c2ccc(Cl)c(Cl)c2)c(C)c1C=O. The van der Waals surface area contributed by atoms with Gasteiger partial charge < -0.3 is 0 Å². The van der Waals surface area contributed by atoms with Gasteiger partial charge in [-0.2, -0.15) is 5.10 Å². The lowest BCUT2D eigenvalue weighted by Gasteiger charge is -2.05. The Morgan fingerprint density at radius 2 is 1.94 bits per heavy atom. The van der Waals surface area contributed by atoms with E-state index >= 15 is 0 Å². The molecule has 0 atom stereocenters. The summed E-state index contributed by atoms with van der Waals surface area (Å²) in [6, 6.07) is 5.23. The second kappa shape index (κ2) is 4.51. The van der Waals surface area contributed by atoms with Gasteiger partial charge in [0.05, 0.1) is 32.7 Å². The molecular weight excluding hydrogens is 259 g/mol. The zero-order valence-electron chi connectivity index (χ0n) is 9.37. The molecule has 0 amide bonds. The number of hydrogen-bond donors (Lipinski definition) is 0. The topological polar surface area (TPSA) is 34.9 Å². The van der Waals surface area contributed by atoms with E-state index in [2.05, 4.69) is 5.10 Å². The molecule has 0 aliphatic heterocycles. The summed E-state index contributed by atoms with van der Waals surface area (Å²) < 4.78 is 1.68. The maximum absolute atomic E-state index is 10.9. The van der Waals surface area contributed by atoms with Gasteiger partial charge in [-0.15, -0.1) is 0 Å². The van der Waals surface area contributed by atoms with Crippen LogP contribution in [0.3, 0.4) is 0 Å². The van der Waals surface area contributed by atoms with Gasteiger partial charge >= 0.3 is 0 Å². The fourth-order valence-corrected chi connectivity index (χ4v) is 1.99. The van der Waals surface area contributed by atoms with Crippen molar-refractivity contribution in [1.29, 1.82) is 0 Å². The Bertz CT molecular complexity index is 590. The first kappa shape index (κ1) is 12.1. The van der Waals surface area contributed by atoms with E-state index in [4.69, 9.17) is 23.2 Å². The van der Waals surface area contributed by atoms with Crippen LogP contribution in [0.2, 0.25) is 10.0 Å². The number of benzene rings is 1. The summed E-state index contributed by atoms with van der Waals surface area (Å²) in [7, 11) is 0. The predicted molar refractivity (Wildman–Crippen MR) is 68.4 cm³/mol. The summed E-state index contributed by atoms with van der Waals surface area (Å²) >= 11 is 11.8. The fourth-order valence-electron chi connectivity index (χ4n) is 1.69. The summed E-state index contributed by atoms with van der Waals surface area (Å²) in [5, 5.41) is 5.26. The maximum atomic E-state index is 10.9. The first-order chi connectivity index (χ1) is 8.04. The number of carbonyl (C=O) groups is 1. The molecule has 0 radical (unpaired) electrons. The molecule has 1 aromatic heterocycles. The summed E-state index contributed by atoms with van der Waals surface area (Å²) in [5.41, 5.74) is 2.88. The van der Waals surface area contributed by atoms with E-state index < -0.39 is 0 Å². The zero-order valence-corrected chi connectivity index (χ0v) is 10.9. The minimum Gasteiger partial charge on any atom is -0.298 e. The molecule has 2 aromatic rings. The van der Waals surface area contributed by atoms with Gasteiger partial charge in [0.2, 0.25) is 0 Å². The third kappa shape index (κ3) is 2.08. The van der Waals surface area contributed by atoms with Gasteiger partial charge in [-0.1, -0.05) is 23.2 Å². The Hall–Kier alpha value is -1.32. The maximum Gasteiger partial charge on any atom is 0.153 e. The van der Waals surface area contributed by atoms with Crippen molar-refractivity contribution >= 4 is 29.5 Å². The molecule has 1 heterocycles. The molecule has 1 aromatic carbocycles. The summed E-state index contributed by atoms with van der Waals surface area (Å²) in [6.45, 7) is 3.64. The minimum absolute atomic E-state index is 0.462. The summed E-state index contributed by atoms with van der Waals surface area (Å²) in [5.74, 6) is 0. The number of aromatic nitrogens is 2. The monoisotopic (exact) mass is 268 g/mol. The van der Waals surface area contributed by atoms with E-state index in [1.54, 1.807) is 23.7 Å². The van der Waals surface area contributed by atoms with Crippen molar-refractivity contribution in [3.8, 4) is 5.69 Å². The summed E-state index contributed by atoms with van der Waals surface area (Å²) in [6.07, 6.45) is 0.811. The predicted octanol–water partition coefficient (Wildman–Crippen LogP) is 3.61. The van der Waals surface area contributed by atoms with Crippen molar-refractivity contribution in [2.45, 2.75) is 13.8 Å². The van der Waals surface area contributed by atoms with Gasteiger partial charge in [-0.05, 0) is 32.0 Å². The standard InChI is InChI=1S/C12H10Cl2N2O/c1-7-10(6-17)8(2)16(15-7)9-3-4-11(13)12(14)5-9/h3-6H,1-2H3. The molecular formula is C12H10Cl2N2O. The third-order valence-electron chi connectivity index (χ3n) is 2.61. The van der Waals surface area contributed by atoms with Crippen LogP contribution in [0.4, 0.5) is 0 Å². The first-order valence-electron chi connectivity index (χ1n) is 5.01. The van der Waals surface area contributed by atoms with Crippen LogP contribution < -0.4 is 0 Å². The number of halogens is 2. The van der Waals surface area contributed by atoms with Crippen LogP contribution in [0.1, 0.15) is 21.7 Å².